The van der Waals surface area contributed by atoms with E-state index < -0.39 is 6.10 Å². The molecular weight excluding hydrogens is 304 g/mol. The number of ketones is 1. The molecule has 2 aliphatic rings. The molecule has 0 saturated heterocycles. The number of Topliss-reactive ketones (excluding diaryl/α,β-unsaturated/α-hetero) is 1. The van der Waals surface area contributed by atoms with Gasteiger partial charge in [-0.1, -0.05) is 25.5 Å². The van der Waals surface area contributed by atoms with Crippen LogP contribution in [0.5, 0.6) is 0 Å². The van der Waals surface area contributed by atoms with Crippen molar-refractivity contribution in [2.24, 2.45) is 17.3 Å². The number of carbonyl (C=O) groups is 2. The molecule has 0 radical (unpaired) electrons. The molecule has 4 nitrogen and oxygen atoms in total. The van der Waals surface area contributed by atoms with Crippen molar-refractivity contribution in [2.75, 3.05) is 0 Å². The minimum atomic E-state index is -0.940. The first-order valence-electron chi connectivity index (χ1n) is 8.86. The van der Waals surface area contributed by atoms with Gasteiger partial charge in [0, 0.05) is 5.57 Å². The van der Waals surface area contributed by atoms with E-state index in [2.05, 4.69) is 13.8 Å². The molecule has 2 saturated carbocycles. The zero-order valence-electron chi connectivity index (χ0n) is 15.7. The van der Waals surface area contributed by atoms with Crippen LogP contribution in [0.3, 0.4) is 0 Å². The highest BCUT2D eigenvalue weighted by atomic mass is 16.5. The summed E-state index contributed by atoms with van der Waals surface area (Å²) in [6.07, 6.45) is 2.69. The van der Waals surface area contributed by atoms with E-state index in [1.54, 1.807) is 13.0 Å². The van der Waals surface area contributed by atoms with E-state index in [4.69, 9.17) is 4.74 Å². The molecule has 0 aromatic carbocycles. The monoisotopic (exact) mass is 334 g/mol. The van der Waals surface area contributed by atoms with Crippen molar-refractivity contribution in [1.82, 2.24) is 0 Å². The Morgan fingerprint density at radius 1 is 1.29 bits per heavy atom. The molecule has 0 spiro atoms. The van der Waals surface area contributed by atoms with Crippen LogP contribution in [0.4, 0.5) is 0 Å². The smallest absolute Gasteiger partial charge is 0.333 e. The van der Waals surface area contributed by atoms with Gasteiger partial charge in [0.2, 0.25) is 0 Å². The highest BCUT2D eigenvalue weighted by Crippen LogP contribution is 2.54. The van der Waals surface area contributed by atoms with Gasteiger partial charge in [-0.3, -0.25) is 4.79 Å². The zero-order valence-corrected chi connectivity index (χ0v) is 15.7. The summed E-state index contributed by atoms with van der Waals surface area (Å²) in [5, 5.41) is 10.6. The summed E-state index contributed by atoms with van der Waals surface area (Å²) in [7, 11) is 0. The Kier molecular flexibility index (Phi) is 5.38. The van der Waals surface area contributed by atoms with E-state index in [0.29, 0.717) is 24.8 Å². The van der Waals surface area contributed by atoms with Crippen molar-refractivity contribution < 1.29 is 19.4 Å². The number of fused-ring (bicyclic) bond motifs is 1. The summed E-state index contributed by atoms with van der Waals surface area (Å²) in [4.78, 5) is 24.6. The first-order valence-corrected chi connectivity index (χ1v) is 8.86. The maximum atomic E-state index is 12.5. The van der Waals surface area contributed by atoms with Crippen LogP contribution >= 0.6 is 0 Å². The third kappa shape index (κ3) is 3.08. The average molecular weight is 334 g/mol. The molecular formula is C20H30O4. The van der Waals surface area contributed by atoms with Gasteiger partial charge in [-0.05, 0) is 69.8 Å². The number of aliphatic hydroxyl groups is 1. The maximum absolute atomic E-state index is 12.5. The molecule has 0 unspecified atom stereocenters. The third-order valence-corrected chi connectivity index (χ3v) is 6.33. The molecule has 0 heterocycles. The van der Waals surface area contributed by atoms with Crippen LogP contribution in [-0.4, -0.2) is 29.1 Å². The quantitative estimate of drug-likeness (QED) is 0.619. The van der Waals surface area contributed by atoms with Gasteiger partial charge in [0.25, 0.3) is 0 Å². The Bertz CT molecular complexity index is 597. The predicted octanol–water partition coefficient (Wildman–Crippen LogP) is 3.59. The van der Waals surface area contributed by atoms with Crippen molar-refractivity contribution in [3.05, 3.63) is 22.8 Å². The van der Waals surface area contributed by atoms with E-state index in [0.717, 1.165) is 11.1 Å². The van der Waals surface area contributed by atoms with Crippen LogP contribution in [0.2, 0.25) is 0 Å². The van der Waals surface area contributed by atoms with Crippen LogP contribution in [0.1, 0.15) is 60.8 Å². The SMILES string of the molecule is C/C=C(/C)C(=O)O[C@@H]1CC[C@@H]2[C@@H](O)C(=O)C(=C(C)C)C[C@]2(C)[C@H]1C. The molecule has 134 valence electrons. The Balaban J connectivity index is 2.29. The van der Waals surface area contributed by atoms with Crippen LogP contribution in [0.25, 0.3) is 0 Å². The van der Waals surface area contributed by atoms with Gasteiger partial charge in [0.1, 0.15) is 12.2 Å². The van der Waals surface area contributed by atoms with E-state index in [1.165, 1.54) is 0 Å². The predicted molar refractivity (Wildman–Crippen MR) is 93.3 cm³/mol. The normalized spacial score (nSPS) is 37.0. The summed E-state index contributed by atoms with van der Waals surface area (Å²) >= 11 is 0. The molecule has 24 heavy (non-hydrogen) atoms. The minimum absolute atomic E-state index is 0.0686. The fraction of sp³-hybridized carbons (Fsp3) is 0.700. The standard InChI is InChI=1S/C20H30O4/c1-7-12(4)19(23)24-16-9-8-15-18(22)17(21)14(11(2)3)10-20(15,6)13(16)5/h7,13,15-16,18,22H,8-10H2,1-6H3/b12-7-/t13-,15+,16+,18+,20+/m0/s1. The Morgan fingerprint density at radius 3 is 2.46 bits per heavy atom. The molecule has 0 aromatic heterocycles. The summed E-state index contributed by atoms with van der Waals surface area (Å²) in [6.45, 7) is 11.6. The lowest BCUT2D eigenvalue weighted by Gasteiger charge is -2.53. The minimum Gasteiger partial charge on any atom is -0.459 e. The van der Waals surface area contributed by atoms with E-state index >= 15 is 0 Å². The van der Waals surface area contributed by atoms with Gasteiger partial charge >= 0.3 is 5.97 Å². The van der Waals surface area contributed by atoms with Crippen LogP contribution < -0.4 is 0 Å². The molecule has 0 amide bonds. The molecule has 0 aliphatic heterocycles. The largest absolute Gasteiger partial charge is 0.459 e. The average Bonchev–Trinajstić information content (AvgIpc) is 2.54. The highest BCUT2D eigenvalue weighted by Gasteiger charge is 2.55. The number of esters is 1. The second kappa shape index (κ2) is 6.83. The van der Waals surface area contributed by atoms with Crippen molar-refractivity contribution >= 4 is 11.8 Å². The molecule has 0 aromatic rings. The van der Waals surface area contributed by atoms with Crippen molar-refractivity contribution in [1.29, 1.82) is 0 Å². The highest BCUT2D eigenvalue weighted by molar-refractivity contribution is 6.00. The fourth-order valence-electron chi connectivity index (χ4n) is 4.26. The summed E-state index contributed by atoms with van der Waals surface area (Å²) in [6, 6.07) is 0. The summed E-state index contributed by atoms with van der Waals surface area (Å²) < 4.78 is 5.74. The zero-order chi connectivity index (χ0) is 18.2. The van der Waals surface area contributed by atoms with E-state index in [9.17, 15) is 14.7 Å². The Labute approximate surface area is 145 Å². The van der Waals surface area contributed by atoms with Crippen LogP contribution in [-0.2, 0) is 14.3 Å². The molecule has 4 heteroatoms. The molecule has 1 N–H and O–H groups in total. The molecule has 2 fully saturated rings. The molecule has 2 aliphatic carbocycles. The van der Waals surface area contributed by atoms with Crippen LogP contribution in [0, 0.1) is 17.3 Å². The molecule has 0 bridgehead atoms. The third-order valence-electron chi connectivity index (χ3n) is 6.33. The van der Waals surface area contributed by atoms with Crippen molar-refractivity contribution in [3.63, 3.8) is 0 Å². The summed E-state index contributed by atoms with van der Waals surface area (Å²) in [5.41, 5.74) is 2.07. The first-order chi connectivity index (χ1) is 11.1. The van der Waals surface area contributed by atoms with E-state index in [1.807, 2.05) is 20.8 Å². The van der Waals surface area contributed by atoms with Crippen LogP contribution in [0.15, 0.2) is 22.8 Å². The van der Waals surface area contributed by atoms with Gasteiger partial charge in [-0.2, -0.15) is 0 Å². The Morgan fingerprint density at radius 2 is 1.92 bits per heavy atom. The molecule has 2 rings (SSSR count). The lowest BCUT2D eigenvalue weighted by Crippen LogP contribution is -2.55. The number of aliphatic hydroxyl groups excluding tert-OH is 1. The summed E-state index contributed by atoms with van der Waals surface area (Å²) in [5.74, 6) is -0.376. The first kappa shape index (κ1) is 18.9. The van der Waals surface area contributed by atoms with Gasteiger partial charge in [0.05, 0.1) is 0 Å². The van der Waals surface area contributed by atoms with E-state index in [-0.39, 0.29) is 35.1 Å². The van der Waals surface area contributed by atoms with Gasteiger partial charge < -0.3 is 9.84 Å². The van der Waals surface area contributed by atoms with Crippen molar-refractivity contribution in [2.45, 2.75) is 73.0 Å². The fourth-order valence-corrected chi connectivity index (χ4v) is 4.26. The number of carbonyl (C=O) groups excluding carboxylic acids is 2. The topological polar surface area (TPSA) is 63.6 Å². The number of hydrogen-bond acceptors (Lipinski definition) is 4. The number of allylic oxidation sites excluding steroid dienone is 2. The number of hydrogen-bond donors (Lipinski definition) is 1. The van der Waals surface area contributed by atoms with Gasteiger partial charge in [-0.15, -0.1) is 0 Å². The second-order valence-electron chi connectivity index (χ2n) is 7.86. The lowest BCUT2D eigenvalue weighted by molar-refractivity contribution is -0.165. The molecule has 5 atom stereocenters. The lowest BCUT2D eigenvalue weighted by atomic mass is 9.53. The van der Waals surface area contributed by atoms with Gasteiger partial charge in [0.15, 0.2) is 5.78 Å². The second-order valence-corrected chi connectivity index (χ2v) is 7.86. The maximum Gasteiger partial charge on any atom is 0.333 e. The van der Waals surface area contributed by atoms with Crippen molar-refractivity contribution in [3.8, 4) is 0 Å². The number of rotatable bonds is 2. The number of ether oxygens (including phenoxy) is 1. The Hall–Kier alpha value is -1.42. The van der Waals surface area contributed by atoms with Gasteiger partial charge in [-0.25, -0.2) is 4.79 Å².